The van der Waals surface area contributed by atoms with E-state index in [0.29, 0.717) is 24.1 Å². The summed E-state index contributed by atoms with van der Waals surface area (Å²) in [6.07, 6.45) is -5.98. The summed E-state index contributed by atoms with van der Waals surface area (Å²) in [6, 6.07) is 5.25. The van der Waals surface area contributed by atoms with Gasteiger partial charge in [-0.25, -0.2) is 22.4 Å². The van der Waals surface area contributed by atoms with Crippen LogP contribution in [0.15, 0.2) is 36.4 Å². The molecule has 146 valence electrons. The number of carbonyl (C=O) groups excluding carboxylic acids is 1. The fraction of sp³-hybridized carbons (Fsp3) is 0.278. The minimum atomic E-state index is -5.33. The van der Waals surface area contributed by atoms with Gasteiger partial charge in [-0.3, -0.25) is 0 Å². The summed E-state index contributed by atoms with van der Waals surface area (Å²) in [4.78, 5) is 10.7. The highest BCUT2D eigenvalue weighted by atomic mass is 19.4. The van der Waals surface area contributed by atoms with Gasteiger partial charge in [-0.1, -0.05) is 19.1 Å². The first kappa shape index (κ1) is 20.7. The zero-order chi connectivity index (χ0) is 20.4. The minimum absolute atomic E-state index is 0.316. The molecule has 0 atom stereocenters. The lowest BCUT2D eigenvalue weighted by Crippen LogP contribution is -2.28. The largest absolute Gasteiger partial charge is 0.491 e. The number of benzene rings is 2. The van der Waals surface area contributed by atoms with E-state index in [1.807, 2.05) is 0 Å². The zero-order valence-corrected chi connectivity index (χ0v) is 13.8. The van der Waals surface area contributed by atoms with Gasteiger partial charge < -0.3 is 4.74 Å². The summed E-state index contributed by atoms with van der Waals surface area (Å²) in [5.41, 5.74) is -0.676. The molecule has 0 aromatic heterocycles. The topological polar surface area (TPSA) is 26.3 Å². The molecule has 2 aromatic rings. The Bertz CT molecular complexity index is 844. The maximum Gasteiger partial charge on any atom is 0.491 e. The van der Waals surface area contributed by atoms with Crippen molar-refractivity contribution in [3.05, 3.63) is 64.7 Å². The SMILES string of the molecule is CCc1ccc(C(F)(F)Cc2ccc(OC(=O)C(F)(F)F)c(F)c2)c(F)c1. The number of rotatable bonds is 5. The minimum Gasteiger partial charge on any atom is -0.417 e. The predicted octanol–water partition coefficient (Wildman–Crippen LogP) is 5.33. The molecule has 9 heteroatoms. The first-order chi connectivity index (χ1) is 12.4. The first-order valence-corrected chi connectivity index (χ1v) is 7.68. The summed E-state index contributed by atoms with van der Waals surface area (Å²) in [5, 5.41) is 0. The van der Waals surface area contributed by atoms with Gasteiger partial charge in [0.1, 0.15) is 5.82 Å². The number of aryl methyl sites for hydroxylation is 1. The summed E-state index contributed by atoms with van der Waals surface area (Å²) >= 11 is 0. The summed E-state index contributed by atoms with van der Waals surface area (Å²) in [6.45, 7) is 1.72. The van der Waals surface area contributed by atoms with Crippen molar-refractivity contribution >= 4 is 5.97 Å². The molecule has 2 rings (SSSR count). The van der Waals surface area contributed by atoms with E-state index in [2.05, 4.69) is 4.74 Å². The molecule has 0 saturated carbocycles. The first-order valence-electron chi connectivity index (χ1n) is 7.68. The summed E-state index contributed by atoms with van der Waals surface area (Å²) in [7, 11) is 0. The molecule has 2 nitrogen and oxygen atoms in total. The molecule has 0 aliphatic heterocycles. The standard InChI is InChI=1S/C18H13F7O2/c1-2-10-3-5-12(13(19)7-10)17(21,22)9-11-4-6-15(14(20)8-11)27-16(26)18(23,24)25/h3-8H,2,9H2,1H3. The van der Waals surface area contributed by atoms with Crippen LogP contribution in [0.5, 0.6) is 5.75 Å². The Balaban J connectivity index is 2.22. The van der Waals surface area contributed by atoms with Crippen LogP contribution in [0.2, 0.25) is 0 Å². The van der Waals surface area contributed by atoms with Crippen LogP contribution in [0.4, 0.5) is 30.7 Å². The number of halogens is 7. The van der Waals surface area contributed by atoms with E-state index >= 15 is 0 Å². The molecule has 2 aromatic carbocycles. The lowest BCUT2D eigenvalue weighted by atomic mass is 9.98. The number of esters is 1. The van der Waals surface area contributed by atoms with Crippen LogP contribution in [0.25, 0.3) is 0 Å². The normalized spacial score (nSPS) is 12.1. The van der Waals surface area contributed by atoms with Gasteiger partial charge in [0.05, 0.1) is 5.56 Å². The van der Waals surface area contributed by atoms with Gasteiger partial charge in [0.15, 0.2) is 11.6 Å². The van der Waals surface area contributed by atoms with Gasteiger partial charge in [-0.05, 0) is 41.8 Å². The second-order valence-electron chi connectivity index (χ2n) is 5.70. The van der Waals surface area contributed by atoms with E-state index in [1.54, 1.807) is 6.92 Å². The van der Waals surface area contributed by atoms with Gasteiger partial charge in [-0.2, -0.15) is 13.2 Å². The molecule has 0 fully saturated rings. The van der Waals surface area contributed by atoms with Crippen LogP contribution < -0.4 is 4.74 Å². The Kier molecular flexibility index (Phi) is 5.82. The third kappa shape index (κ3) is 4.99. The average molecular weight is 394 g/mol. The van der Waals surface area contributed by atoms with E-state index in [-0.39, 0.29) is 5.56 Å². The molecule has 0 unspecified atom stereocenters. The number of hydrogen-bond donors (Lipinski definition) is 0. The van der Waals surface area contributed by atoms with E-state index in [0.717, 1.165) is 18.2 Å². The molecule has 0 N–H and O–H groups in total. The average Bonchev–Trinajstić information content (AvgIpc) is 2.55. The molecule has 0 spiro atoms. The van der Waals surface area contributed by atoms with Crippen molar-refractivity contribution in [2.24, 2.45) is 0 Å². The highest BCUT2D eigenvalue weighted by Crippen LogP contribution is 2.35. The van der Waals surface area contributed by atoms with Crippen molar-refractivity contribution in [3.8, 4) is 5.75 Å². The van der Waals surface area contributed by atoms with Crippen molar-refractivity contribution < 1.29 is 40.3 Å². The molecule has 0 aliphatic carbocycles. The van der Waals surface area contributed by atoms with Gasteiger partial charge in [0, 0.05) is 6.42 Å². The van der Waals surface area contributed by atoms with E-state index in [9.17, 15) is 35.5 Å². The second kappa shape index (κ2) is 7.58. The molecule has 0 saturated heterocycles. The molecule has 0 amide bonds. The molecule has 0 aliphatic rings. The lowest BCUT2D eigenvalue weighted by molar-refractivity contribution is -0.189. The Morgan fingerprint density at radius 3 is 2.04 bits per heavy atom. The maximum absolute atomic E-state index is 14.3. The molecular formula is C18H13F7O2. The highest BCUT2D eigenvalue weighted by Gasteiger charge is 2.42. The fourth-order valence-corrected chi connectivity index (χ4v) is 2.32. The molecule has 0 radical (unpaired) electrons. The number of carbonyl (C=O) groups is 1. The third-order valence-corrected chi connectivity index (χ3v) is 3.69. The zero-order valence-electron chi connectivity index (χ0n) is 13.8. The van der Waals surface area contributed by atoms with E-state index < -0.39 is 47.4 Å². The van der Waals surface area contributed by atoms with Crippen molar-refractivity contribution in [3.63, 3.8) is 0 Å². The van der Waals surface area contributed by atoms with Crippen molar-refractivity contribution in [2.45, 2.75) is 31.9 Å². The van der Waals surface area contributed by atoms with Gasteiger partial charge in [-0.15, -0.1) is 0 Å². The van der Waals surface area contributed by atoms with Crippen molar-refractivity contribution in [1.29, 1.82) is 0 Å². The molecule has 0 heterocycles. The number of alkyl halides is 5. The van der Waals surface area contributed by atoms with Crippen LogP contribution in [-0.4, -0.2) is 12.1 Å². The fourth-order valence-electron chi connectivity index (χ4n) is 2.32. The smallest absolute Gasteiger partial charge is 0.417 e. The van der Waals surface area contributed by atoms with Crippen LogP contribution >= 0.6 is 0 Å². The Labute approximate surface area is 149 Å². The van der Waals surface area contributed by atoms with Gasteiger partial charge in [0.2, 0.25) is 0 Å². The lowest BCUT2D eigenvalue weighted by Gasteiger charge is -2.18. The molecule has 27 heavy (non-hydrogen) atoms. The van der Waals surface area contributed by atoms with Gasteiger partial charge in [0.25, 0.3) is 5.92 Å². The van der Waals surface area contributed by atoms with Crippen molar-refractivity contribution in [2.75, 3.05) is 0 Å². The quantitative estimate of drug-likeness (QED) is 0.389. The Hall–Kier alpha value is -2.58. The van der Waals surface area contributed by atoms with Crippen molar-refractivity contribution in [1.82, 2.24) is 0 Å². The number of ether oxygens (including phenoxy) is 1. The second-order valence-corrected chi connectivity index (χ2v) is 5.70. The van der Waals surface area contributed by atoms with Crippen LogP contribution in [0, 0.1) is 11.6 Å². The van der Waals surface area contributed by atoms with E-state index in [4.69, 9.17) is 0 Å². The van der Waals surface area contributed by atoms with E-state index in [1.165, 1.54) is 6.07 Å². The summed E-state index contributed by atoms with van der Waals surface area (Å²) in [5.74, 6) is -9.92. The Morgan fingerprint density at radius 1 is 0.926 bits per heavy atom. The van der Waals surface area contributed by atoms with Crippen LogP contribution in [-0.2, 0) is 23.6 Å². The van der Waals surface area contributed by atoms with Gasteiger partial charge >= 0.3 is 12.1 Å². The molecule has 0 bridgehead atoms. The Morgan fingerprint density at radius 2 is 1.52 bits per heavy atom. The molecular weight excluding hydrogens is 381 g/mol. The third-order valence-electron chi connectivity index (χ3n) is 3.69. The summed E-state index contributed by atoms with van der Waals surface area (Å²) < 4.78 is 96.6. The van der Waals surface area contributed by atoms with Crippen LogP contribution in [0.1, 0.15) is 23.6 Å². The number of hydrogen-bond acceptors (Lipinski definition) is 2. The monoisotopic (exact) mass is 394 g/mol. The maximum atomic E-state index is 14.3. The van der Waals surface area contributed by atoms with Crippen LogP contribution in [0.3, 0.4) is 0 Å². The predicted molar refractivity (Wildman–Crippen MR) is 81.5 cm³/mol. The highest BCUT2D eigenvalue weighted by molar-refractivity contribution is 5.78.